The number of allylic oxidation sites excluding steroid dienone is 1. The summed E-state index contributed by atoms with van der Waals surface area (Å²) in [4.78, 5) is 42.4. The van der Waals surface area contributed by atoms with Gasteiger partial charge in [-0.25, -0.2) is 4.79 Å². The maximum Gasteiger partial charge on any atom is 0.324 e. The number of aryl methyl sites for hydroxylation is 2. The van der Waals surface area contributed by atoms with Gasteiger partial charge in [0.05, 0.1) is 23.1 Å². The Balaban J connectivity index is 1.62. The Morgan fingerprint density at radius 2 is 1.58 bits per heavy atom. The van der Waals surface area contributed by atoms with E-state index in [-0.39, 0.29) is 29.7 Å². The van der Waals surface area contributed by atoms with Crippen LogP contribution in [0.15, 0.2) is 18.2 Å². The predicted molar refractivity (Wildman–Crippen MR) is 121 cm³/mol. The van der Waals surface area contributed by atoms with Gasteiger partial charge in [-0.3, -0.25) is 19.4 Å². The fourth-order valence-electron chi connectivity index (χ4n) is 5.53. The number of fused-ring (bicyclic) bond motifs is 2. The molecule has 1 aliphatic carbocycles. The van der Waals surface area contributed by atoms with Crippen LogP contribution < -0.4 is 10.2 Å². The lowest BCUT2D eigenvalue weighted by molar-refractivity contribution is -0.142. The summed E-state index contributed by atoms with van der Waals surface area (Å²) in [5.41, 5.74) is 4.76. The number of likely N-dealkylation sites (tertiary alicyclic amines) is 1. The van der Waals surface area contributed by atoms with Crippen LogP contribution in [0.3, 0.4) is 0 Å². The van der Waals surface area contributed by atoms with E-state index in [9.17, 15) is 14.4 Å². The van der Waals surface area contributed by atoms with Crippen LogP contribution in [0.1, 0.15) is 70.1 Å². The molecular weight excluding hydrogens is 390 g/mol. The van der Waals surface area contributed by atoms with Gasteiger partial charge in [-0.2, -0.15) is 0 Å². The highest BCUT2D eigenvalue weighted by Gasteiger charge is 2.50. The summed E-state index contributed by atoms with van der Waals surface area (Å²) < 4.78 is 0. The fourth-order valence-corrected chi connectivity index (χ4v) is 5.53. The Bertz CT molecular complexity index is 970. The third kappa shape index (κ3) is 3.46. The Hall–Kier alpha value is -2.63. The highest BCUT2D eigenvalue weighted by atomic mass is 16.2. The topological polar surface area (TPSA) is 69.7 Å². The second kappa shape index (κ2) is 7.50. The number of rotatable bonds is 2. The minimum absolute atomic E-state index is 0.136. The molecule has 0 unspecified atom stereocenters. The van der Waals surface area contributed by atoms with Crippen molar-refractivity contribution >= 4 is 29.1 Å². The maximum atomic E-state index is 13.5. The molecular formula is C25H33N3O3. The number of hydrogen-bond donors (Lipinski definition) is 1. The molecule has 3 atom stereocenters. The van der Waals surface area contributed by atoms with Gasteiger partial charge >= 0.3 is 6.03 Å². The van der Waals surface area contributed by atoms with Gasteiger partial charge in [0.15, 0.2) is 0 Å². The average Bonchev–Trinajstić information content (AvgIpc) is 2.94. The van der Waals surface area contributed by atoms with Crippen molar-refractivity contribution < 1.29 is 14.4 Å². The number of anilines is 1. The number of carbonyl (C=O) groups is 3. The normalized spacial score (nSPS) is 25.7. The van der Waals surface area contributed by atoms with E-state index < -0.39 is 11.7 Å². The highest BCUT2D eigenvalue weighted by Crippen LogP contribution is 2.41. The second-order valence-electron chi connectivity index (χ2n) is 9.94. The van der Waals surface area contributed by atoms with Crippen LogP contribution in [0.2, 0.25) is 0 Å². The number of nitrogens with zero attached hydrogens (tertiary/aromatic N) is 2. The Morgan fingerprint density at radius 3 is 2.16 bits per heavy atom. The van der Waals surface area contributed by atoms with E-state index in [1.807, 2.05) is 26.8 Å². The third-order valence-electron chi connectivity index (χ3n) is 7.22. The molecule has 1 saturated carbocycles. The van der Waals surface area contributed by atoms with E-state index in [0.717, 1.165) is 48.1 Å². The molecule has 6 nitrogen and oxygen atoms in total. The third-order valence-corrected chi connectivity index (χ3v) is 7.22. The standard InChI is InChI=1S/C25H33N3O3/c1-14-11-20-16(3)13-25(5,6)28(21(20)12-15(14)2)24(31)26-17(4)27-22(29)18-9-7-8-10-19(18)23(27)30/h11-13,17-19H,7-10H2,1-6H3,(H,26,31)/t17-,18-,19+/m1/s1. The summed E-state index contributed by atoms with van der Waals surface area (Å²) in [6.07, 6.45) is 4.91. The zero-order chi connectivity index (χ0) is 22.7. The summed E-state index contributed by atoms with van der Waals surface area (Å²) in [5, 5.41) is 2.95. The van der Waals surface area contributed by atoms with Gasteiger partial charge in [0, 0.05) is 5.56 Å². The number of benzene rings is 1. The first-order valence-corrected chi connectivity index (χ1v) is 11.3. The lowest BCUT2D eigenvalue weighted by Crippen LogP contribution is -2.58. The number of nitrogens with one attached hydrogen (secondary N) is 1. The van der Waals surface area contributed by atoms with Crippen LogP contribution in [0.5, 0.6) is 0 Å². The lowest BCUT2D eigenvalue weighted by Gasteiger charge is -2.42. The smallest absolute Gasteiger partial charge is 0.317 e. The monoisotopic (exact) mass is 423 g/mol. The zero-order valence-corrected chi connectivity index (χ0v) is 19.4. The SMILES string of the molecule is CC1=CC(C)(C)N(C(=O)N[C@@H](C)N2C(=O)[C@H]3CCCC[C@H]3C2=O)c2cc(C)c(C)cc21. The molecule has 0 spiro atoms. The van der Waals surface area contributed by atoms with Crippen LogP contribution in [-0.4, -0.2) is 34.5 Å². The van der Waals surface area contributed by atoms with E-state index in [1.54, 1.807) is 11.8 Å². The molecule has 0 radical (unpaired) electrons. The molecule has 1 aromatic rings. The molecule has 4 rings (SSSR count). The Labute approximate surface area is 184 Å². The van der Waals surface area contributed by atoms with Gasteiger partial charge < -0.3 is 5.32 Å². The Kier molecular flexibility index (Phi) is 5.23. The van der Waals surface area contributed by atoms with Crippen LogP contribution in [0.4, 0.5) is 10.5 Å². The van der Waals surface area contributed by atoms with Crippen molar-refractivity contribution in [2.24, 2.45) is 11.8 Å². The van der Waals surface area contributed by atoms with Gasteiger partial charge in [0.2, 0.25) is 11.8 Å². The summed E-state index contributed by atoms with van der Waals surface area (Å²) in [7, 11) is 0. The number of carbonyl (C=O) groups excluding carboxylic acids is 3. The van der Waals surface area contributed by atoms with Crippen molar-refractivity contribution in [3.8, 4) is 0 Å². The second-order valence-corrected chi connectivity index (χ2v) is 9.94. The molecule has 1 saturated heterocycles. The first-order chi connectivity index (χ1) is 14.5. The quantitative estimate of drug-likeness (QED) is 0.710. The lowest BCUT2D eigenvalue weighted by atomic mass is 9.81. The van der Waals surface area contributed by atoms with E-state index >= 15 is 0 Å². The number of imide groups is 1. The number of amides is 4. The molecule has 166 valence electrons. The first kappa shape index (κ1) is 21.6. The van der Waals surface area contributed by atoms with E-state index in [2.05, 4.69) is 31.3 Å². The maximum absolute atomic E-state index is 13.5. The zero-order valence-electron chi connectivity index (χ0n) is 19.4. The summed E-state index contributed by atoms with van der Waals surface area (Å²) in [5.74, 6) is -0.709. The minimum atomic E-state index is -0.684. The van der Waals surface area contributed by atoms with Gasteiger partial charge in [-0.1, -0.05) is 18.9 Å². The van der Waals surface area contributed by atoms with Gasteiger partial charge in [0.1, 0.15) is 6.17 Å². The molecule has 2 aliphatic heterocycles. The Morgan fingerprint density at radius 1 is 1.03 bits per heavy atom. The van der Waals surface area contributed by atoms with Crippen molar-refractivity contribution in [1.29, 1.82) is 0 Å². The van der Waals surface area contributed by atoms with Crippen LogP contribution in [0.25, 0.3) is 5.57 Å². The van der Waals surface area contributed by atoms with Crippen molar-refractivity contribution in [2.75, 3.05) is 4.90 Å². The van der Waals surface area contributed by atoms with E-state index in [4.69, 9.17) is 0 Å². The molecule has 4 amide bonds. The fraction of sp³-hybridized carbons (Fsp3) is 0.560. The van der Waals surface area contributed by atoms with Gasteiger partial charge in [-0.05, 0) is 83.2 Å². The number of urea groups is 1. The molecule has 3 aliphatic rings. The van der Waals surface area contributed by atoms with Crippen molar-refractivity contribution in [3.63, 3.8) is 0 Å². The summed E-state index contributed by atoms with van der Waals surface area (Å²) in [6, 6.07) is 3.86. The van der Waals surface area contributed by atoms with Crippen LogP contribution in [0, 0.1) is 25.7 Å². The molecule has 2 heterocycles. The van der Waals surface area contributed by atoms with Crippen molar-refractivity contribution in [1.82, 2.24) is 10.2 Å². The van der Waals surface area contributed by atoms with Crippen LogP contribution >= 0.6 is 0 Å². The van der Waals surface area contributed by atoms with Gasteiger partial charge in [-0.15, -0.1) is 0 Å². The molecule has 0 bridgehead atoms. The molecule has 2 fully saturated rings. The van der Waals surface area contributed by atoms with Gasteiger partial charge in [0.25, 0.3) is 0 Å². The molecule has 1 aromatic carbocycles. The van der Waals surface area contributed by atoms with Crippen molar-refractivity contribution in [2.45, 2.75) is 78.9 Å². The molecule has 1 N–H and O–H groups in total. The minimum Gasteiger partial charge on any atom is -0.317 e. The summed E-state index contributed by atoms with van der Waals surface area (Å²) >= 11 is 0. The van der Waals surface area contributed by atoms with Crippen molar-refractivity contribution in [3.05, 3.63) is 34.9 Å². The average molecular weight is 424 g/mol. The van der Waals surface area contributed by atoms with Crippen LogP contribution in [-0.2, 0) is 9.59 Å². The number of hydrogen-bond acceptors (Lipinski definition) is 3. The molecule has 6 heteroatoms. The summed E-state index contributed by atoms with van der Waals surface area (Å²) in [6.45, 7) is 11.9. The van der Waals surface area contributed by atoms with E-state index in [1.165, 1.54) is 10.5 Å². The van der Waals surface area contributed by atoms with E-state index in [0.29, 0.717) is 0 Å². The largest absolute Gasteiger partial charge is 0.324 e. The predicted octanol–water partition coefficient (Wildman–Crippen LogP) is 4.54. The molecule has 0 aromatic heterocycles. The molecule has 31 heavy (non-hydrogen) atoms. The first-order valence-electron chi connectivity index (χ1n) is 11.3. The highest BCUT2D eigenvalue weighted by molar-refractivity contribution is 6.06.